The lowest BCUT2D eigenvalue weighted by molar-refractivity contribution is 0.0636. The van der Waals surface area contributed by atoms with Crippen LogP contribution < -0.4 is 4.74 Å². The van der Waals surface area contributed by atoms with Gasteiger partial charge >= 0.3 is 0 Å². The first-order valence-corrected chi connectivity index (χ1v) is 11.0. The molecule has 2 fully saturated rings. The molecule has 2 saturated heterocycles. The summed E-state index contributed by atoms with van der Waals surface area (Å²) in [5.41, 5.74) is -0.165. The second-order valence-corrected chi connectivity index (χ2v) is 9.88. The number of likely N-dealkylation sites (N-methyl/N-ethyl adjacent to an activating group) is 1. The molecule has 1 aromatic carbocycles. The van der Waals surface area contributed by atoms with E-state index >= 15 is 0 Å². The summed E-state index contributed by atoms with van der Waals surface area (Å²) >= 11 is 0. The van der Waals surface area contributed by atoms with E-state index in [0.29, 0.717) is 31.9 Å². The molecule has 2 aliphatic heterocycles. The Hall–Kier alpha value is -2.01. The Morgan fingerprint density at radius 1 is 1.28 bits per heavy atom. The molecule has 2 aromatic rings. The number of aromatic amines is 1. The summed E-state index contributed by atoms with van der Waals surface area (Å²) in [7, 11) is 1.68. The van der Waals surface area contributed by atoms with Crippen LogP contribution in [-0.2, 0) is 21.2 Å². The molecule has 0 bridgehead atoms. The molecule has 1 atom stereocenters. The first-order chi connectivity index (χ1) is 13.9. The van der Waals surface area contributed by atoms with Crippen molar-refractivity contribution in [2.24, 2.45) is 5.41 Å². The van der Waals surface area contributed by atoms with Gasteiger partial charge in [0, 0.05) is 57.1 Å². The molecule has 158 valence electrons. The first-order valence-electron chi connectivity index (χ1n) is 9.61. The largest absolute Gasteiger partial charge is 0.497 e. The van der Waals surface area contributed by atoms with Crippen molar-refractivity contribution >= 4 is 10.0 Å². The van der Waals surface area contributed by atoms with Crippen LogP contribution in [0.1, 0.15) is 17.6 Å². The Balaban J connectivity index is 1.52. The fraction of sp³-hybridized carbons (Fsp3) is 0.579. The number of nitrogens with one attached hydrogen (secondary N) is 1. The molecular formula is C19H27N5O4S. The Kier molecular flexibility index (Phi) is 5.36. The molecule has 9 nitrogen and oxygen atoms in total. The smallest absolute Gasteiger partial charge is 0.243 e. The number of aromatic nitrogens is 3. The second kappa shape index (κ2) is 7.67. The molecule has 0 aliphatic carbocycles. The molecular weight excluding hydrogens is 394 g/mol. The monoisotopic (exact) mass is 421 g/mol. The van der Waals surface area contributed by atoms with Gasteiger partial charge in [-0.05, 0) is 19.2 Å². The van der Waals surface area contributed by atoms with E-state index in [4.69, 9.17) is 9.47 Å². The lowest BCUT2D eigenvalue weighted by atomic mass is 9.72. The third-order valence-electron chi connectivity index (χ3n) is 5.88. The van der Waals surface area contributed by atoms with Gasteiger partial charge in [-0.15, -0.1) is 0 Å². The third-order valence-corrected chi connectivity index (χ3v) is 7.67. The summed E-state index contributed by atoms with van der Waals surface area (Å²) in [6.07, 6.45) is 0.676. The molecule has 1 spiro atoms. The predicted molar refractivity (Wildman–Crippen MR) is 106 cm³/mol. The van der Waals surface area contributed by atoms with Crippen molar-refractivity contribution in [1.82, 2.24) is 24.4 Å². The van der Waals surface area contributed by atoms with Crippen LogP contribution in [0.15, 0.2) is 29.2 Å². The van der Waals surface area contributed by atoms with Gasteiger partial charge in [-0.1, -0.05) is 6.07 Å². The van der Waals surface area contributed by atoms with E-state index in [2.05, 4.69) is 27.1 Å². The van der Waals surface area contributed by atoms with Crippen molar-refractivity contribution in [3.8, 4) is 5.75 Å². The molecule has 1 aromatic heterocycles. The van der Waals surface area contributed by atoms with E-state index in [1.807, 2.05) is 0 Å². The number of ether oxygens (including phenoxy) is 2. The maximum atomic E-state index is 13.1. The highest BCUT2D eigenvalue weighted by Gasteiger charge is 2.58. The highest BCUT2D eigenvalue weighted by molar-refractivity contribution is 7.89. The van der Waals surface area contributed by atoms with Crippen LogP contribution in [0, 0.1) is 5.41 Å². The minimum atomic E-state index is -3.56. The highest BCUT2D eigenvalue weighted by atomic mass is 32.2. The average molecular weight is 422 g/mol. The van der Waals surface area contributed by atoms with E-state index in [1.165, 1.54) is 7.11 Å². The average Bonchev–Trinajstić information content (AvgIpc) is 3.29. The van der Waals surface area contributed by atoms with Gasteiger partial charge in [0.15, 0.2) is 5.82 Å². The maximum absolute atomic E-state index is 13.1. The lowest BCUT2D eigenvalue weighted by Crippen LogP contribution is -2.61. The number of hydrogen-bond acceptors (Lipinski definition) is 7. The van der Waals surface area contributed by atoms with Crippen molar-refractivity contribution in [2.45, 2.75) is 17.2 Å². The van der Waals surface area contributed by atoms with Crippen LogP contribution in [0.2, 0.25) is 0 Å². The third kappa shape index (κ3) is 3.65. The van der Waals surface area contributed by atoms with Crippen LogP contribution >= 0.6 is 0 Å². The van der Waals surface area contributed by atoms with Crippen LogP contribution in [0.3, 0.4) is 0 Å². The number of H-pyrrole nitrogens is 1. The topological polar surface area (TPSA) is 101 Å². The van der Waals surface area contributed by atoms with Gasteiger partial charge < -0.3 is 14.4 Å². The zero-order chi connectivity index (χ0) is 20.6. The van der Waals surface area contributed by atoms with E-state index in [9.17, 15) is 8.42 Å². The molecule has 0 amide bonds. The summed E-state index contributed by atoms with van der Waals surface area (Å²) in [4.78, 5) is 7.14. The van der Waals surface area contributed by atoms with Gasteiger partial charge in [0.1, 0.15) is 11.6 Å². The number of likely N-dealkylation sites (tertiary alicyclic amines) is 1. The summed E-state index contributed by atoms with van der Waals surface area (Å²) in [5.74, 6) is 2.19. The van der Waals surface area contributed by atoms with Gasteiger partial charge in [-0.25, -0.2) is 13.4 Å². The maximum Gasteiger partial charge on any atom is 0.243 e. The first kappa shape index (κ1) is 20.3. The molecule has 0 saturated carbocycles. The van der Waals surface area contributed by atoms with E-state index in [-0.39, 0.29) is 16.2 Å². The molecule has 4 rings (SSSR count). The minimum Gasteiger partial charge on any atom is -0.497 e. The number of benzene rings is 1. The van der Waals surface area contributed by atoms with Crippen molar-refractivity contribution in [3.05, 3.63) is 35.9 Å². The van der Waals surface area contributed by atoms with Crippen LogP contribution in [0.5, 0.6) is 5.75 Å². The normalized spacial score (nSPS) is 22.1. The number of hydrogen-bond donors (Lipinski definition) is 1. The molecule has 10 heteroatoms. The zero-order valence-corrected chi connectivity index (χ0v) is 17.8. The van der Waals surface area contributed by atoms with Crippen molar-refractivity contribution < 1.29 is 17.9 Å². The Labute approximate surface area is 171 Å². The molecule has 1 N–H and O–H groups in total. The van der Waals surface area contributed by atoms with Crippen LogP contribution in [0.4, 0.5) is 0 Å². The van der Waals surface area contributed by atoms with E-state index in [1.54, 1.807) is 35.7 Å². The summed E-state index contributed by atoms with van der Waals surface area (Å²) in [6, 6.07) is 6.61. The molecule has 0 radical (unpaired) electrons. The SMILES string of the molecule is COCCc1nc(C2CN(C)CC23CN(S(=O)(=O)c2cccc(OC)c2)C3)n[nH]1. The molecule has 2 aliphatic rings. The molecule has 29 heavy (non-hydrogen) atoms. The number of rotatable bonds is 7. The second-order valence-electron chi connectivity index (χ2n) is 7.95. The van der Waals surface area contributed by atoms with E-state index in [0.717, 1.165) is 24.7 Å². The number of nitrogens with zero attached hydrogens (tertiary/aromatic N) is 4. The van der Waals surface area contributed by atoms with Crippen LogP contribution in [0.25, 0.3) is 0 Å². The summed E-state index contributed by atoms with van der Waals surface area (Å²) in [6.45, 7) is 3.14. The van der Waals surface area contributed by atoms with Gasteiger partial charge in [0.2, 0.25) is 10.0 Å². The number of methoxy groups -OCH3 is 2. The highest BCUT2D eigenvalue weighted by Crippen LogP contribution is 2.49. The standard InChI is InChI=1S/C19H27N5O4S/c1-23-10-16(18-20-17(21-22-18)7-8-27-2)19(11-23)12-24(13-19)29(25,26)15-6-4-5-14(9-15)28-3/h4-6,9,16H,7-8,10-13H2,1-3H3,(H,20,21,22). The summed E-state index contributed by atoms with van der Waals surface area (Å²) < 4.78 is 38.0. The van der Waals surface area contributed by atoms with E-state index < -0.39 is 10.0 Å². The fourth-order valence-electron chi connectivity index (χ4n) is 4.41. The van der Waals surface area contributed by atoms with Crippen LogP contribution in [-0.4, -0.2) is 86.9 Å². The Morgan fingerprint density at radius 3 is 2.79 bits per heavy atom. The fourth-order valence-corrected chi connectivity index (χ4v) is 6.07. The van der Waals surface area contributed by atoms with Crippen molar-refractivity contribution in [1.29, 1.82) is 0 Å². The minimum absolute atomic E-state index is 0.0943. The lowest BCUT2D eigenvalue weighted by Gasteiger charge is -2.49. The quantitative estimate of drug-likeness (QED) is 0.703. The van der Waals surface area contributed by atoms with Gasteiger partial charge in [0.05, 0.1) is 18.6 Å². The number of sulfonamides is 1. The predicted octanol–water partition coefficient (Wildman–Crippen LogP) is 0.722. The summed E-state index contributed by atoms with van der Waals surface area (Å²) in [5, 5.41) is 7.42. The van der Waals surface area contributed by atoms with Gasteiger partial charge in [-0.2, -0.15) is 9.40 Å². The zero-order valence-electron chi connectivity index (χ0n) is 17.0. The van der Waals surface area contributed by atoms with Gasteiger partial charge in [0.25, 0.3) is 0 Å². The Bertz CT molecular complexity index is 970. The van der Waals surface area contributed by atoms with Gasteiger partial charge in [-0.3, -0.25) is 5.10 Å². The van der Waals surface area contributed by atoms with Crippen molar-refractivity contribution in [3.63, 3.8) is 0 Å². The van der Waals surface area contributed by atoms with Crippen molar-refractivity contribution in [2.75, 3.05) is 54.1 Å². The molecule has 3 heterocycles. The molecule has 1 unspecified atom stereocenters. The Morgan fingerprint density at radius 2 is 2.07 bits per heavy atom.